The van der Waals surface area contributed by atoms with Crippen molar-refractivity contribution >= 4 is 11.5 Å². The smallest absolute Gasteiger partial charge is 0.179 e. The zero-order valence-corrected chi connectivity index (χ0v) is 10.8. The third-order valence-electron chi connectivity index (χ3n) is 2.55. The summed E-state index contributed by atoms with van der Waals surface area (Å²) in [4.78, 5) is 12.0. The Labute approximate surface area is 107 Å². The van der Waals surface area contributed by atoms with Crippen LogP contribution in [0, 0.1) is 0 Å². The Morgan fingerprint density at radius 3 is 2.83 bits per heavy atom. The number of nitrogen functional groups attached to an aromatic ring is 1. The van der Waals surface area contributed by atoms with Crippen LogP contribution >= 0.6 is 0 Å². The minimum atomic E-state index is -0.352. The van der Waals surface area contributed by atoms with E-state index in [-0.39, 0.29) is 18.4 Å². The lowest BCUT2D eigenvalue weighted by molar-refractivity contribution is 0.0948. The van der Waals surface area contributed by atoms with Gasteiger partial charge < -0.3 is 20.9 Å². The van der Waals surface area contributed by atoms with Crippen molar-refractivity contribution in [1.29, 1.82) is 0 Å². The van der Waals surface area contributed by atoms with Gasteiger partial charge in [-0.3, -0.25) is 4.79 Å². The van der Waals surface area contributed by atoms with Gasteiger partial charge in [-0.1, -0.05) is 0 Å². The molecule has 1 aromatic carbocycles. The molecule has 1 aromatic rings. The van der Waals surface area contributed by atoms with Gasteiger partial charge in [0.05, 0.1) is 24.9 Å². The number of ether oxygens (including phenoxy) is 1. The van der Waals surface area contributed by atoms with Crippen molar-refractivity contribution in [2.24, 2.45) is 0 Å². The molecule has 100 valence electrons. The fourth-order valence-corrected chi connectivity index (χ4v) is 1.61. The zero-order valence-electron chi connectivity index (χ0n) is 10.8. The predicted octanol–water partition coefficient (Wildman–Crippen LogP) is 0.821. The van der Waals surface area contributed by atoms with Gasteiger partial charge in [0, 0.05) is 12.1 Å². The first kappa shape index (κ1) is 14.5. The van der Waals surface area contributed by atoms with Crippen LogP contribution in [0.15, 0.2) is 18.2 Å². The fourth-order valence-electron chi connectivity index (χ4n) is 1.61. The molecule has 18 heavy (non-hydrogen) atoms. The second kappa shape index (κ2) is 6.98. The third kappa shape index (κ3) is 3.72. The molecule has 0 heterocycles. The number of hydrogen-bond donors (Lipinski definition) is 3. The van der Waals surface area contributed by atoms with Gasteiger partial charge in [0.2, 0.25) is 0 Å². The van der Waals surface area contributed by atoms with Crippen LogP contribution in [0.25, 0.3) is 0 Å². The Morgan fingerprint density at radius 2 is 2.28 bits per heavy atom. The van der Waals surface area contributed by atoms with Crippen LogP contribution in [0.5, 0.6) is 5.75 Å². The van der Waals surface area contributed by atoms with Crippen LogP contribution in [-0.4, -0.2) is 36.7 Å². The van der Waals surface area contributed by atoms with Gasteiger partial charge in [-0.2, -0.15) is 0 Å². The number of aliphatic hydroxyl groups excluding tert-OH is 1. The van der Waals surface area contributed by atoms with Crippen molar-refractivity contribution in [3.8, 4) is 5.75 Å². The molecule has 0 amide bonds. The van der Waals surface area contributed by atoms with E-state index in [0.717, 1.165) is 0 Å². The molecule has 5 nitrogen and oxygen atoms in total. The molecule has 0 saturated carbocycles. The molecule has 1 atom stereocenters. The Bertz CT molecular complexity index is 407. The molecular formula is C13H20N2O3. The number of rotatable bonds is 7. The number of benzene rings is 1. The van der Waals surface area contributed by atoms with Gasteiger partial charge >= 0.3 is 0 Å². The predicted molar refractivity (Wildman–Crippen MR) is 70.9 cm³/mol. The fraction of sp³-hybridized carbons (Fsp3) is 0.462. The van der Waals surface area contributed by atoms with Gasteiger partial charge in [0.1, 0.15) is 5.75 Å². The summed E-state index contributed by atoms with van der Waals surface area (Å²) in [5.74, 6) is 0.531. The van der Waals surface area contributed by atoms with E-state index in [1.807, 2.05) is 6.92 Å². The number of hydrogen-bond acceptors (Lipinski definition) is 5. The molecule has 0 radical (unpaired) electrons. The Morgan fingerprint density at radius 1 is 1.56 bits per heavy atom. The normalized spacial score (nSPS) is 12.2. The van der Waals surface area contributed by atoms with Crippen molar-refractivity contribution in [2.45, 2.75) is 19.9 Å². The lowest BCUT2D eigenvalue weighted by atomic mass is 10.0. The highest BCUT2D eigenvalue weighted by Crippen LogP contribution is 2.23. The van der Waals surface area contributed by atoms with Crippen molar-refractivity contribution in [2.75, 3.05) is 25.5 Å². The topological polar surface area (TPSA) is 84.6 Å². The van der Waals surface area contributed by atoms with E-state index in [2.05, 4.69) is 5.32 Å². The molecule has 0 spiro atoms. The number of anilines is 1. The lowest BCUT2D eigenvalue weighted by Crippen LogP contribution is -2.35. The molecule has 0 aliphatic heterocycles. The quantitative estimate of drug-likeness (QED) is 0.494. The first-order valence-corrected chi connectivity index (χ1v) is 6.01. The van der Waals surface area contributed by atoms with Gasteiger partial charge in [0.25, 0.3) is 0 Å². The first-order valence-electron chi connectivity index (χ1n) is 6.01. The lowest BCUT2D eigenvalue weighted by Gasteiger charge is -2.13. The number of Topliss-reactive ketones (excluding diaryl/α,β-unsaturated/α-hetero) is 1. The maximum absolute atomic E-state index is 12.0. The maximum Gasteiger partial charge on any atom is 0.179 e. The molecular weight excluding hydrogens is 232 g/mol. The summed E-state index contributed by atoms with van der Waals surface area (Å²) in [6, 6.07) is 4.66. The monoisotopic (exact) mass is 252 g/mol. The average molecular weight is 252 g/mol. The van der Waals surface area contributed by atoms with Crippen molar-refractivity contribution in [3.05, 3.63) is 23.8 Å². The Hall–Kier alpha value is -1.59. The van der Waals surface area contributed by atoms with Crippen molar-refractivity contribution in [1.82, 2.24) is 5.32 Å². The number of carbonyl (C=O) groups excluding carboxylic acids is 1. The summed E-state index contributed by atoms with van der Waals surface area (Å²) in [5.41, 5.74) is 6.80. The van der Waals surface area contributed by atoms with Crippen LogP contribution in [0.1, 0.15) is 24.2 Å². The number of aliphatic hydroxyl groups is 1. The minimum Gasteiger partial charge on any atom is -0.492 e. The van der Waals surface area contributed by atoms with Crippen LogP contribution in [-0.2, 0) is 0 Å². The van der Waals surface area contributed by atoms with E-state index >= 15 is 0 Å². The first-order chi connectivity index (χ1) is 8.60. The molecule has 0 saturated heterocycles. The zero-order chi connectivity index (χ0) is 13.5. The third-order valence-corrected chi connectivity index (χ3v) is 2.55. The molecule has 0 aliphatic carbocycles. The van der Waals surface area contributed by atoms with E-state index in [4.69, 9.17) is 15.6 Å². The van der Waals surface area contributed by atoms with Gasteiger partial charge in [0.15, 0.2) is 5.78 Å². The summed E-state index contributed by atoms with van der Waals surface area (Å²) in [6.07, 6.45) is 0. The summed E-state index contributed by atoms with van der Waals surface area (Å²) in [5, 5.41) is 11.6. The SMILES string of the molecule is CCOc1ccc(C(=O)C(C)NCCO)cc1N. The second-order valence-electron chi connectivity index (χ2n) is 3.95. The average Bonchev–Trinajstić information content (AvgIpc) is 2.37. The van der Waals surface area contributed by atoms with E-state index in [1.165, 1.54) is 0 Å². The molecule has 5 heteroatoms. The van der Waals surface area contributed by atoms with Crippen LogP contribution < -0.4 is 15.8 Å². The number of nitrogens with two attached hydrogens (primary N) is 1. The van der Waals surface area contributed by atoms with E-state index < -0.39 is 0 Å². The molecule has 0 aromatic heterocycles. The maximum atomic E-state index is 12.0. The molecule has 0 aliphatic rings. The minimum absolute atomic E-state index is 0.00301. The molecule has 1 rings (SSSR count). The molecule has 0 fully saturated rings. The number of carbonyl (C=O) groups is 1. The van der Waals surface area contributed by atoms with Crippen molar-refractivity contribution < 1.29 is 14.6 Å². The standard InChI is InChI=1S/C13H20N2O3/c1-3-18-12-5-4-10(8-11(12)14)13(17)9(2)15-6-7-16/h4-5,8-9,15-16H,3,6-7,14H2,1-2H3. The highest BCUT2D eigenvalue weighted by atomic mass is 16.5. The Balaban J connectivity index is 2.77. The molecule has 0 bridgehead atoms. The van der Waals surface area contributed by atoms with Crippen LogP contribution in [0.2, 0.25) is 0 Å². The van der Waals surface area contributed by atoms with E-state index in [0.29, 0.717) is 30.2 Å². The molecule has 1 unspecified atom stereocenters. The van der Waals surface area contributed by atoms with Crippen molar-refractivity contribution in [3.63, 3.8) is 0 Å². The highest BCUT2D eigenvalue weighted by Gasteiger charge is 2.15. The summed E-state index contributed by atoms with van der Waals surface area (Å²) < 4.78 is 5.31. The summed E-state index contributed by atoms with van der Waals surface area (Å²) in [6.45, 7) is 4.55. The number of nitrogens with one attached hydrogen (secondary N) is 1. The van der Waals surface area contributed by atoms with E-state index in [9.17, 15) is 4.79 Å². The largest absolute Gasteiger partial charge is 0.492 e. The number of ketones is 1. The van der Waals surface area contributed by atoms with Gasteiger partial charge in [-0.05, 0) is 32.0 Å². The summed E-state index contributed by atoms with van der Waals surface area (Å²) >= 11 is 0. The van der Waals surface area contributed by atoms with Gasteiger partial charge in [-0.25, -0.2) is 0 Å². The second-order valence-corrected chi connectivity index (χ2v) is 3.95. The van der Waals surface area contributed by atoms with Gasteiger partial charge in [-0.15, -0.1) is 0 Å². The van der Waals surface area contributed by atoms with E-state index in [1.54, 1.807) is 25.1 Å². The summed E-state index contributed by atoms with van der Waals surface area (Å²) in [7, 11) is 0. The van der Waals surface area contributed by atoms with Crippen LogP contribution in [0.3, 0.4) is 0 Å². The van der Waals surface area contributed by atoms with Crippen LogP contribution in [0.4, 0.5) is 5.69 Å². The molecule has 4 N–H and O–H groups in total. The Kier molecular flexibility index (Phi) is 5.61. The highest BCUT2D eigenvalue weighted by molar-refractivity contribution is 6.00.